The highest BCUT2D eigenvalue weighted by Crippen LogP contribution is 2.29. The maximum Gasteiger partial charge on any atom is 0.142 e. The molecule has 0 amide bonds. The zero-order valence-electron chi connectivity index (χ0n) is 10.1. The summed E-state index contributed by atoms with van der Waals surface area (Å²) in [6, 6.07) is 10.2. The van der Waals surface area contributed by atoms with Crippen molar-refractivity contribution in [3.8, 4) is 0 Å². The molecular weight excluding hydrogens is 352 g/mol. The molecule has 0 aliphatic heterocycles. The molecule has 0 aromatic heterocycles. The van der Waals surface area contributed by atoms with Gasteiger partial charge in [0.1, 0.15) is 5.82 Å². The van der Waals surface area contributed by atoms with Gasteiger partial charge in [-0.1, -0.05) is 45.2 Å². The molecule has 2 rings (SSSR count). The summed E-state index contributed by atoms with van der Waals surface area (Å²) in [6.07, 6.45) is 0. The summed E-state index contributed by atoms with van der Waals surface area (Å²) in [5.41, 5.74) is 1.59. The van der Waals surface area contributed by atoms with Crippen LogP contribution in [0, 0.1) is 5.82 Å². The SMILES string of the molecule is CC(Nc1cc(Br)ccc1Cl)c1ccc(Cl)c(F)c1. The zero-order valence-corrected chi connectivity index (χ0v) is 13.2. The van der Waals surface area contributed by atoms with Crippen LogP contribution in [-0.4, -0.2) is 0 Å². The molecule has 1 nitrogen and oxygen atoms in total. The second-order valence-corrected chi connectivity index (χ2v) is 5.89. The van der Waals surface area contributed by atoms with Crippen molar-refractivity contribution in [1.29, 1.82) is 0 Å². The Labute approximate surface area is 129 Å². The van der Waals surface area contributed by atoms with Gasteiger partial charge in [0.2, 0.25) is 0 Å². The number of nitrogens with one attached hydrogen (secondary N) is 1. The third-order valence-electron chi connectivity index (χ3n) is 2.74. The minimum absolute atomic E-state index is 0.0847. The Morgan fingerprint density at radius 3 is 2.47 bits per heavy atom. The molecule has 0 aliphatic rings. The van der Waals surface area contributed by atoms with E-state index >= 15 is 0 Å². The average molecular weight is 363 g/mol. The summed E-state index contributed by atoms with van der Waals surface area (Å²) in [4.78, 5) is 0. The van der Waals surface area contributed by atoms with Gasteiger partial charge >= 0.3 is 0 Å². The standard InChI is InChI=1S/C14H11BrCl2FN/c1-8(9-2-4-11(16)13(18)6-9)19-14-7-10(15)3-5-12(14)17/h2-8,19H,1H3. The fourth-order valence-electron chi connectivity index (χ4n) is 1.71. The first-order valence-electron chi connectivity index (χ1n) is 5.64. The van der Waals surface area contributed by atoms with Crippen molar-refractivity contribution in [3.63, 3.8) is 0 Å². The molecule has 5 heteroatoms. The zero-order chi connectivity index (χ0) is 14.0. The van der Waals surface area contributed by atoms with E-state index in [0.29, 0.717) is 5.02 Å². The van der Waals surface area contributed by atoms with Crippen LogP contribution in [0.15, 0.2) is 40.9 Å². The van der Waals surface area contributed by atoms with Crippen LogP contribution in [0.25, 0.3) is 0 Å². The van der Waals surface area contributed by atoms with Crippen LogP contribution in [0.1, 0.15) is 18.5 Å². The van der Waals surface area contributed by atoms with Crippen molar-refractivity contribution >= 4 is 44.8 Å². The van der Waals surface area contributed by atoms with Crippen LogP contribution < -0.4 is 5.32 Å². The minimum atomic E-state index is -0.423. The predicted octanol–water partition coefficient (Wildman–Crippen LogP) is 6.07. The summed E-state index contributed by atoms with van der Waals surface area (Å²) >= 11 is 15.2. The number of hydrogen-bond acceptors (Lipinski definition) is 1. The Morgan fingerprint density at radius 1 is 1.11 bits per heavy atom. The number of hydrogen-bond donors (Lipinski definition) is 1. The van der Waals surface area contributed by atoms with Gasteiger partial charge in [-0.25, -0.2) is 4.39 Å². The van der Waals surface area contributed by atoms with Crippen LogP contribution in [0.3, 0.4) is 0 Å². The van der Waals surface area contributed by atoms with Crippen molar-refractivity contribution in [3.05, 3.63) is 62.3 Å². The van der Waals surface area contributed by atoms with Crippen LogP contribution in [0.5, 0.6) is 0 Å². The van der Waals surface area contributed by atoms with Gasteiger partial charge in [-0.3, -0.25) is 0 Å². The molecule has 0 fully saturated rings. The van der Waals surface area contributed by atoms with E-state index in [-0.39, 0.29) is 11.1 Å². The molecule has 1 N–H and O–H groups in total. The smallest absolute Gasteiger partial charge is 0.142 e. The van der Waals surface area contributed by atoms with Gasteiger partial charge in [0.15, 0.2) is 0 Å². The lowest BCUT2D eigenvalue weighted by molar-refractivity contribution is 0.624. The van der Waals surface area contributed by atoms with E-state index < -0.39 is 5.82 Å². The van der Waals surface area contributed by atoms with Gasteiger partial charge in [-0.15, -0.1) is 0 Å². The largest absolute Gasteiger partial charge is 0.377 e. The molecular formula is C14H11BrCl2FN. The molecule has 1 unspecified atom stereocenters. The summed E-state index contributed by atoms with van der Waals surface area (Å²) < 4.78 is 14.4. The third-order valence-corrected chi connectivity index (χ3v) is 3.87. The maximum absolute atomic E-state index is 13.4. The maximum atomic E-state index is 13.4. The van der Waals surface area contributed by atoms with Crippen molar-refractivity contribution in [1.82, 2.24) is 0 Å². The van der Waals surface area contributed by atoms with Crippen molar-refractivity contribution in [2.45, 2.75) is 13.0 Å². The number of rotatable bonds is 3. The Kier molecular flexibility index (Phi) is 4.71. The summed E-state index contributed by atoms with van der Waals surface area (Å²) in [7, 11) is 0. The molecule has 19 heavy (non-hydrogen) atoms. The fraction of sp³-hybridized carbons (Fsp3) is 0.143. The monoisotopic (exact) mass is 361 g/mol. The highest BCUT2D eigenvalue weighted by Gasteiger charge is 2.10. The third kappa shape index (κ3) is 3.62. The number of benzene rings is 2. The first kappa shape index (κ1) is 14.6. The molecule has 0 heterocycles. The van der Waals surface area contributed by atoms with Gasteiger partial charge in [-0.05, 0) is 42.8 Å². The van der Waals surface area contributed by atoms with Crippen LogP contribution >= 0.6 is 39.1 Å². The second kappa shape index (κ2) is 6.12. The lowest BCUT2D eigenvalue weighted by atomic mass is 10.1. The van der Waals surface area contributed by atoms with E-state index in [2.05, 4.69) is 21.2 Å². The summed E-state index contributed by atoms with van der Waals surface area (Å²) in [5.74, 6) is -0.423. The molecule has 1 atom stereocenters. The van der Waals surface area contributed by atoms with Crippen LogP contribution in [-0.2, 0) is 0 Å². The van der Waals surface area contributed by atoms with E-state index in [4.69, 9.17) is 23.2 Å². The highest BCUT2D eigenvalue weighted by molar-refractivity contribution is 9.10. The van der Waals surface area contributed by atoms with Gasteiger partial charge in [-0.2, -0.15) is 0 Å². The van der Waals surface area contributed by atoms with E-state index in [1.807, 2.05) is 19.1 Å². The van der Waals surface area contributed by atoms with E-state index in [0.717, 1.165) is 15.7 Å². The molecule has 2 aromatic rings. The topological polar surface area (TPSA) is 12.0 Å². The molecule has 0 saturated heterocycles. The van der Waals surface area contributed by atoms with E-state index in [1.54, 1.807) is 18.2 Å². The van der Waals surface area contributed by atoms with Gasteiger partial charge in [0.05, 0.1) is 15.7 Å². The van der Waals surface area contributed by atoms with Crippen molar-refractivity contribution in [2.24, 2.45) is 0 Å². The Hall–Kier alpha value is -0.770. The van der Waals surface area contributed by atoms with Gasteiger partial charge in [0.25, 0.3) is 0 Å². The van der Waals surface area contributed by atoms with Crippen molar-refractivity contribution < 1.29 is 4.39 Å². The van der Waals surface area contributed by atoms with Crippen LogP contribution in [0.4, 0.5) is 10.1 Å². The number of halogens is 4. The molecule has 0 spiro atoms. The van der Waals surface area contributed by atoms with E-state index in [9.17, 15) is 4.39 Å². The van der Waals surface area contributed by atoms with Crippen molar-refractivity contribution in [2.75, 3.05) is 5.32 Å². The first-order chi connectivity index (χ1) is 8.97. The minimum Gasteiger partial charge on any atom is -0.377 e. The van der Waals surface area contributed by atoms with Crippen LogP contribution in [0.2, 0.25) is 10.0 Å². The van der Waals surface area contributed by atoms with Gasteiger partial charge in [0, 0.05) is 10.5 Å². The lowest BCUT2D eigenvalue weighted by Crippen LogP contribution is -2.07. The predicted molar refractivity (Wildman–Crippen MR) is 82.6 cm³/mol. The lowest BCUT2D eigenvalue weighted by Gasteiger charge is -2.17. The Balaban J connectivity index is 2.22. The molecule has 2 aromatic carbocycles. The van der Waals surface area contributed by atoms with Gasteiger partial charge < -0.3 is 5.32 Å². The number of anilines is 1. The molecule has 0 radical (unpaired) electrons. The molecule has 0 aliphatic carbocycles. The molecule has 0 bridgehead atoms. The summed E-state index contributed by atoms with van der Waals surface area (Å²) in [6.45, 7) is 1.93. The summed E-state index contributed by atoms with van der Waals surface area (Å²) in [5, 5.41) is 3.98. The quantitative estimate of drug-likeness (QED) is 0.698. The van der Waals surface area contributed by atoms with E-state index in [1.165, 1.54) is 6.07 Å². The molecule has 0 saturated carbocycles. The Bertz CT molecular complexity index is 604. The highest BCUT2D eigenvalue weighted by atomic mass is 79.9. The molecule has 100 valence electrons. The first-order valence-corrected chi connectivity index (χ1v) is 7.19. The Morgan fingerprint density at radius 2 is 1.79 bits per heavy atom. The second-order valence-electron chi connectivity index (χ2n) is 4.16. The normalized spacial score (nSPS) is 12.3. The average Bonchev–Trinajstić information content (AvgIpc) is 2.37. The fourth-order valence-corrected chi connectivity index (χ4v) is 2.36.